The Morgan fingerprint density at radius 2 is 1.86 bits per heavy atom. The van der Waals surface area contributed by atoms with Gasteiger partial charge >= 0.3 is 0 Å². The van der Waals surface area contributed by atoms with E-state index in [1.165, 1.54) is 24.5 Å². The number of hydrogen-bond acceptors (Lipinski definition) is 2. The van der Waals surface area contributed by atoms with Gasteiger partial charge in [-0.15, -0.1) is 0 Å². The summed E-state index contributed by atoms with van der Waals surface area (Å²) in [5, 5.41) is 0. The Balaban J connectivity index is 2.18. The molecule has 0 amide bonds. The molecule has 0 aliphatic rings. The van der Waals surface area contributed by atoms with Crippen molar-refractivity contribution in [1.29, 1.82) is 0 Å². The normalized spacial score (nSPS) is 12.2. The van der Waals surface area contributed by atoms with Crippen molar-refractivity contribution < 1.29 is 9.13 Å². The molecule has 0 aliphatic heterocycles. The molecule has 2 aromatic carbocycles. The molecule has 2 rings (SSSR count). The van der Waals surface area contributed by atoms with Crippen molar-refractivity contribution in [3.63, 3.8) is 0 Å². The zero-order valence-corrected chi connectivity index (χ0v) is 12.6. The van der Waals surface area contributed by atoms with E-state index in [0.29, 0.717) is 11.3 Å². The number of ether oxygens (including phenoxy) is 1. The first-order valence-corrected chi connectivity index (χ1v) is 7.42. The van der Waals surface area contributed by atoms with E-state index in [4.69, 9.17) is 10.5 Å². The van der Waals surface area contributed by atoms with Gasteiger partial charge in [0.05, 0.1) is 0 Å². The van der Waals surface area contributed by atoms with Crippen molar-refractivity contribution in [2.24, 2.45) is 5.73 Å². The van der Waals surface area contributed by atoms with Gasteiger partial charge in [0.25, 0.3) is 0 Å². The number of rotatable bonds is 6. The summed E-state index contributed by atoms with van der Waals surface area (Å²) in [6, 6.07) is 12.4. The fourth-order valence-corrected chi connectivity index (χ4v) is 2.21. The summed E-state index contributed by atoms with van der Waals surface area (Å²) >= 11 is 0. The van der Waals surface area contributed by atoms with Gasteiger partial charge in [-0.1, -0.05) is 37.6 Å². The SMILES string of the molecule is CCCCc1ccc(Oc2c(F)cccc2[C@@H](C)N)cc1. The Morgan fingerprint density at radius 3 is 2.48 bits per heavy atom. The Hall–Kier alpha value is -1.87. The fraction of sp³-hybridized carbons (Fsp3) is 0.333. The predicted octanol–water partition coefficient (Wildman–Crippen LogP) is 4.98. The number of halogens is 1. The van der Waals surface area contributed by atoms with Crippen LogP contribution in [-0.4, -0.2) is 0 Å². The molecule has 2 aromatic rings. The molecule has 0 spiro atoms. The molecule has 1 atom stereocenters. The van der Waals surface area contributed by atoms with Crippen LogP contribution in [0.15, 0.2) is 42.5 Å². The van der Waals surface area contributed by atoms with E-state index in [2.05, 4.69) is 6.92 Å². The molecule has 3 heteroatoms. The number of hydrogen-bond donors (Lipinski definition) is 1. The summed E-state index contributed by atoms with van der Waals surface area (Å²) in [6.07, 6.45) is 3.40. The molecule has 2 nitrogen and oxygen atoms in total. The Bertz CT molecular complexity index is 578. The second kappa shape index (κ2) is 7.23. The summed E-state index contributed by atoms with van der Waals surface area (Å²) in [4.78, 5) is 0. The largest absolute Gasteiger partial charge is 0.454 e. The summed E-state index contributed by atoms with van der Waals surface area (Å²) in [6.45, 7) is 3.99. The molecule has 112 valence electrons. The minimum absolute atomic E-state index is 0.216. The minimum atomic E-state index is -0.389. The third-order valence-corrected chi connectivity index (χ3v) is 3.45. The molecule has 21 heavy (non-hydrogen) atoms. The van der Waals surface area contributed by atoms with E-state index >= 15 is 0 Å². The molecule has 0 saturated carbocycles. The molecule has 2 N–H and O–H groups in total. The maximum atomic E-state index is 14.0. The van der Waals surface area contributed by atoms with E-state index in [1.54, 1.807) is 12.1 Å². The maximum Gasteiger partial charge on any atom is 0.167 e. The van der Waals surface area contributed by atoms with E-state index in [-0.39, 0.29) is 17.6 Å². The molecule has 0 heterocycles. The third-order valence-electron chi connectivity index (χ3n) is 3.45. The van der Waals surface area contributed by atoms with Gasteiger partial charge in [-0.3, -0.25) is 0 Å². The first-order valence-electron chi connectivity index (χ1n) is 7.42. The van der Waals surface area contributed by atoms with Crippen LogP contribution in [0.4, 0.5) is 4.39 Å². The van der Waals surface area contributed by atoms with Crippen molar-refractivity contribution in [2.75, 3.05) is 0 Å². The summed E-state index contributed by atoms with van der Waals surface area (Å²) < 4.78 is 19.7. The van der Waals surface area contributed by atoms with Crippen molar-refractivity contribution in [3.05, 3.63) is 59.4 Å². The second-order valence-corrected chi connectivity index (χ2v) is 5.30. The van der Waals surface area contributed by atoms with Gasteiger partial charge in [-0.05, 0) is 43.5 Å². The van der Waals surface area contributed by atoms with E-state index in [1.807, 2.05) is 31.2 Å². The number of para-hydroxylation sites is 1. The van der Waals surface area contributed by atoms with Crippen LogP contribution < -0.4 is 10.5 Å². The van der Waals surface area contributed by atoms with Crippen molar-refractivity contribution in [3.8, 4) is 11.5 Å². The highest BCUT2D eigenvalue weighted by atomic mass is 19.1. The molecule has 0 aliphatic carbocycles. The van der Waals surface area contributed by atoms with Crippen LogP contribution >= 0.6 is 0 Å². The van der Waals surface area contributed by atoms with E-state index < -0.39 is 0 Å². The number of aryl methyl sites for hydroxylation is 1. The van der Waals surface area contributed by atoms with Crippen molar-refractivity contribution in [2.45, 2.75) is 39.2 Å². The summed E-state index contributed by atoms with van der Waals surface area (Å²) in [7, 11) is 0. The van der Waals surface area contributed by atoms with Crippen LogP contribution in [0.3, 0.4) is 0 Å². The van der Waals surface area contributed by atoms with Gasteiger partial charge in [0.15, 0.2) is 11.6 Å². The number of benzene rings is 2. The zero-order valence-electron chi connectivity index (χ0n) is 12.6. The average Bonchev–Trinajstić information content (AvgIpc) is 2.48. The van der Waals surface area contributed by atoms with Crippen LogP contribution in [0, 0.1) is 5.82 Å². The first-order chi connectivity index (χ1) is 10.1. The Kier molecular flexibility index (Phi) is 5.34. The smallest absolute Gasteiger partial charge is 0.167 e. The van der Waals surface area contributed by atoms with Gasteiger partial charge in [0, 0.05) is 11.6 Å². The lowest BCUT2D eigenvalue weighted by Crippen LogP contribution is -2.07. The lowest BCUT2D eigenvalue weighted by molar-refractivity contribution is 0.432. The van der Waals surface area contributed by atoms with Gasteiger partial charge in [0.2, 0.25) is 0 Å². The highest BCUT2D eigenvalue weighted by Crippen LogP contribution is 2.31. The highest BCUT2D eigenvalue weighted by Gasteiger charge is 2.13. The van der Waals surface area contributed by atoms with Crippen LogP contribution in [0.25, 0.3) is 0 Å². The quantitative estimate of drug-likeness (QED) is 0.813. The molecular weight excluding hydrogens is 265 g/mol. The lowest BCUT2D eigenvalue weighted by Gasteiger charge is -2.14. The molecule has 0 unspecified atom stereocenters. The number of unbranched alkanes of at least 4 members (excludes halogenated alkanes) is 1. The molecular formula is C18H22FNO. The standard InChI is InChI=1S/C18H22FNO/c1-3-4-6-14-9-11-15(12-10-14)21-18-16(13(2)20)7-5-8-17(18)19/h5,7-13H,3-4,6,20H2,1-2H3/t13-/m1/s1. The van der Waals surface area contributed by atoms with Gasteiger partial charge < -0.3 is 10.5 Å². The van der Waals surface area contributed by atoms with Gasteiger partial charge in [0.1, 0.15) is 5.75 Å². The van der Waals surface area contributed by atoms with Crippen LogP contribution in [0.5, 0.6) is 11.5 Å². The third kappa shape index (κ3) is 4.05. The summed E-state index contributed by atoms with van der Waals surface area (Å²) in [5.74, 6) is 0.455. The molecule has 0 bridgehead atoms. The monoisotopic (exact) mass is 287 g/mol. The van der Waals surface area contributed by atoms with Gasteiger partial charge in [-0.2, -0.15) is 0 Å². The van der Waals surface area contributed by atoms with Crippen molar-refractivity contribution in [1.82, 2.24) is 0 Å². The first kappa shape index (κ1) is 15.5. The topological polar surface area (TPSA) is 35.2 Å². The lowest BCUT2D eigenvalue weighted by atomic mass is 10.1. The van der Waals surface area contributed by atoms with E-state index in [9.17, 15) is 4.39 Å². The predicted molar refractivity (Wildman–Crippen MR) is 84.1 cm³/mol. The number of nitrogens with two attached hydrogens (primary N) is 1. The zero-order chi connectivity index (χ0) is 15.2. The summed E-state index contributed by atoms with van der Waals surface area (Å²) in [5.41, 5.74) is 7.81. The Labute approximate surface area is 125 Å². The Morgan fingerprint density at radius 1 is 1.14 bits per heavy atom. The second-order valence-electron chi connectivity index (χ2n) is 5.30. The maximum absolute atomic E-state index is 14.0. The minimum Gasteiger partial charge on any atom is -0.454 e. The molecule has 0 fully saturated rings. The van der Waals surface area contributed by atoms with E-state index in [0.717, 1.165) is 6.42 Å². The van der Waals surface area contributed by atoms with Gasteiger partial charge in [-0.25, -0.2) is 4.39 Å². The fourth-order valence-electron chi connectivity index (χ4n) is 2.21. The highest BCUT2D eigenvalue weighted by molar-refractivity contribution is 5.41. The molecule has 0 radical (unpaired) electrons. The van der Waals surface area contributed by atoms with Crippen LogP contribution in [0.2, 0.25) is 0 Å². The van der Waals surface area contributed by atoms with Crippen LogP contribution in [0.1, 0.15) is 43.9 Å². The molecule has 0 aromatic heterocycles. The van der Waals surface area contributed by atoms with Crippen molar-refractivity contribution >= 4 is 0 Å². The van der Waals surface area contributed by atoms with Crippen LogP contribution in [-0.2, 0) is 6.42 Å². The average molecular weight is 287 g/mol. The molecule has 0 saturated heterocycles.